The first kappa shape index (κ1) is 12.9. The summed E-state index contributed by atoms with van der Waals surface area (Å²) in [6.45, 7) is 7.51. The van der Waals surface area contributed by atoms with Gasteiger partial charge in [0.2, 0.25) is 0 Å². The summed E-state index contributed by atoms with van der Waals surface area (Å²) in [5, 5.41) is 7.30. The topological polar surface area (TPSA) is 24.1 Å². The second-order valence-corrected chi connectivity index (χ2v) is 7.19. The zero-order valence-corrected chi connectivity index (χ0v) is 12.0. The van der Waals surface area contributed by atoms with E-state index in [1.54, 1.807) is 0 Å². The monoisotopic (exact) mass is 250 g/mol. The average Bonchev–Trinajstić information content (AvgIpc) is 3.28. The van der Waals surface area contributed by atoms with Crippen LogP contribution in [0.2, 0.25) is 0 Å². The third-order valence-electron chi connectivity index (χ3n) is 5.73. The zero-order chi connectivity index (χ0) is 12.4. The van der Waals surface area contributed by atoms with Crippen molar-refractivity contribution in [2.45, 2.75) is 51.9 Å². The van der Waals surface area contributed by atoms with E-state index in [1.165, 1.54) is 71.1 Å². The summed E-state index contributed by atoms with van der Waals surface area (Å²) in [4.78, 5) is 0. The van der Waals surface area contributed by atoms with Gasteiger partial charge in [0.15, 0.2) is 0 Å². The van der Waals surface area contributed by atoms with Crippen molar-refractivity contribution in [1.29, 1.82) is 0 Å². The number of rotatable bonds is 7. The fourth-order valence-corrected chi connectivity index (χ4v) is 3.85. The van der Waals surface area contributed by atoms with Crippen molar-refractivity contribution in [3.05, 3.63) is 0 Å². The van der Waals surface area contributed by atoms with Crippen LogP contribution < -0.4 is 10.6 Å². The van der Waals surface area contributed by atoms with Crippen molar-refractivity contribution < 1.29 is 0 Å². The van der Waals surface area contributed by atoms with Gasteiger partial charge in [0.25, 0.3) is 0 Å². The molecule has 0 aromatic rings. The molecule has 2 unspecified atom stereocenters. The van der Waals surface area contributed by atoms with Crippen LogP contribution in [-0.4, -0.2) is 26.2 Å². The van der Waals surface area contributed by atoms with Crippen molar-refractivity contribution in [2.24, 2.45) is 23.2 Å². The van der Waals surface area contributed by atoms with Crippen LogP contribution in [0.1, 0.15) is 51.9 Å². The minimum atomic E-state index is 0.773. The van der Waals surface area contributed by atoms with Gasteiger partial charge in [-0.3, -0.25) is 0 Å². The Hall–Kier alpha value is -0.0800. The first-order valence-corrected chi connectivity index (χ1v) is 8.22. The Morgan fingerprint density at radius 3 is 2.72 bits per heavy atom. The lowest BCUT2D eigenvalue weighted by Gasteiger charge is -2.28. The molecule has 0 amide bonds. The maximum atomic E-state index is 3.76. The van der Waals surface area contributed by atoms with Crippen molar-refractivity contribution in [3.63, 3.8) is 0 Å². The molecule has 3 fully saturated rings. The standard InChI is InChI=1S/C16H30N2/c1-13(14-3-2-9-17-11-14)6-10-18-12-16(7-8-16)15-4-5-15/h13-15,17-18H,2-12H2,1H3. The van der Waals surface area contributed by atoms with Gasteiger partial charge in [-0.2, -0.15) is 0 Å². The van der Waals surface area contributed by atoms with E-state index < -0.39 is 0 Å². The van der Waals surface area contributed by atoms with Gasteiger partial charge < -0.3 is 10.6 Å². The van der Waals surface area contributed by atoms with Crippen molar-refractivity contribution in [1.82, 2.24) is 10.6 Å². The van der Waals surface area contributed by atoms with Gasteiger partial charge in [0, 0.05) is 6.54 Å². The first-order valence-electron chi connectivity index (χ1n) is 8.22. The zero-order valence-electron chi connectivity index (χ0n) is 12.0. The molecule has 1 saturated heterocycles. The number of piperidine rings is 1. The predicted octanol–water partition coefficient (Wildman–Crippen LogP) is 2.79. The Morgan fingerprint density at radius 1 is 1.28 bits per heavy atom. The lowest BCUT2D eigenvalue weighted by molar-refractivity contribution is 0.263. The average molecular weight is 250 g/mol. The molecule has 2 atom stereocenters. The lowest BCUT2D eigenvalue weighted by Crippen LogP contribution is -2.35. The van der Waals surface area contributed by atoms with Gasteiger partial charge >= 0.3 is 0 Å². The molecule has 2 heteroatoms. The van der Waals surface area contributed by atoms with E-state index in [2.05, 4.69) is 17.6 Å². The number of nitrogens with one attached hydrogen (secondary N) is 2. The van der Waals surface area contributed by atoms with E-state index in [9.17, 15) is 0 Å². The smallest absolute Gasteiger partial charge is 0.00105 e. The summed E-state index contributed by atoms with van der Waals surface area (Å²) in [5.74, 6) is 2.92. The molecular formula is C16H30N2. The van der Waals surface area contributed by atoms with Crippen LogP contribution in [0.4, 0.5) is 0 Å². The fraction of sp³-hybridized carbons (Fsp3) is 1.00. The predicted molar refractivity (Wildman–Crippen MR) is 76.6 cm³/mol. The quantitative estimate of drug-likeness (QED) is 0.679. The Bertz CT molecular complexity index is 262. The fourth-order valence-electron chi connectivity index (χ4n) is 3.85. The van der Waals surface area contributed by atoms with Crippen molar-refractivity contribution >= 4 is 0 Å². The molecule has 0 spiro atoms. The largest absolute Gasteiger partial charge is 0.316 e. The minimum Gasteiger partial charge on any atom is -0.316 e. The van der Waals surface area contributed by atoms with Crippen LogP contribution in [0.15, 0.2) is 0 Å². The van der Waals surface area contributed by atoms with Gasteiger partial charge in [0.1, 0.15) is 0 Å². The molecule has 0 radical (unpaired) electrons. The Kier molecular flexibility index (Phi) is 3.95. The molecule has 104 valence electrons. The molecule has 18 heavy (non-hydrogen) atoms. The lowest BCUT2D eigenvalue weighted by atomic mass is 9.85. The van der Waals surface area contributed by atoms with Crippen LogP contribution in [0.25, 0.3) is 0 Å². The highest BCUT2D eigenvalue weighted by molar-refractivity contribution is 5.04. The number of hydrogen-bond donors (Lipinski definition) is 2. The maximum Gasteiger partial charge on any atom is 0.00105 e. The molecule has 0 aromatic heterocycles. The van der Waals surface area contributed by atoms with Crippen molar-refractivity contribution in [2.75, 3.05) is 26.2 Å². The molecule has 2 nitrogen and oxygen atoms in total. The van der Waals surface area contributed by atoms with Gasteiger partial charge in [-0.05, 0) is 87.7 Å². The molecule has 1 aliphatic heterocycles. The van der Waals surface area contributed by atoms with E-state index in [0.717, 1.165) is 23.2 Å². The molecule has 1 heterocycles. The highest BCUT2D eigenvalue weighted by atomic mass is 14.9. The van der Waals surface area contributed by atoms with Gasteiger partial charge in [-0.1, -0.05) is 6.92 Å². The van der Waals surface area contributed by atoms with Gasteiger partial charge in [-0.15, -0.1) is 0 Å². The molecular weight excluding hydrogens is 220 g/mol. The van der Waals surface area contributed by atoms with E-state index in [4.69, 9.17) is 0 Å². The summed E-state index contributed by atoms with van der Waals surface area (Å²) in [7, 11) is 0. The van der Waals surface area contributed by atoms with Crippen LogP contribution in [-0.2, 0) is 0 Å². The summed E-state index contributed by atoms with van der Waals surface area (Å²) in [5.41, 5.74) is 0.773. The molecule has 2 saturated carbocycles. The minimum absolute atomic E-state index is 0.773. The van der Waals surface area contributed by atoms with Crippen LogP contribution in [0, 0.1) is 23.2 Å². The second kappa shape index (κ2) is 5.50. The molecule has 3 rings (SSSR count). The highest BCUT2D eigenvalue weighted by Crippen LogP contribution is 2.60. The Labute approximate surface area is 112 Å². The molecule has 3 aliphatic rings. The highest BCUT2D eigenvalue weighted by Gasteiger charge is 2.53. The summed E-state index contributed by atoms with van der Waals surface area (Å²) >= 11 is 0. The second-order valence-electron chi connectivity index (χ2n) is 7.19. The third-order valence-corrected chi connectivity index (χ3v) is 5.73. The van der Waals surface area contributed by atoms with Crippen LogP contribution in [0.3, 0.4) is 0 Å². The summed E-state index contributed by atoms with van der Waals surface area (Å²) in [6.07, 6.45) is 10.2. The normalized spacial score (nSPS) is 32.2. The SMILES string of the molecule is CC(CCNCC1(C2CC2)CC1)C1CCCNC1. The molecule has 0 bridgehead atoms. The maximum absolute atomic E-state index is 3.76. The van der Waals surface area contributed by atoms with Crippen molar-refractivity contribution in [3.8, 4) is 0 Å². The number of hydrogen-bond acceptors (Lipinski definition) is 2. The Morgan fingerprint density at radius 2 is 2.11 bits per heavy atom. The van der Waals surface area contributed by atoms with Gasteiger partial charge in [0.05, 0.1) is 0 Å². The van der Waals surface area contributed by atoms with E-state index in [0.29, 0.717) is 0 Å². The summed E-state index contributed by atoms with van der Waals surface area (Å²) in [6, 6.07) is 0. The first-order chi connectivity index (χ1) is 8.80. The molecule has 0 aromatic carbocycles. The molecule has 2 aliphatic carbocycles. The van der Waals surface area contributed by atoms with Crippen LogP contribution in [0.5, 0.6) is 0 Å². The third kappa shape index (κ3) is 3.08. The van der Waals surface area contributed by atoms with Gasteiger partial charge in [-0.25, -0.2) is 0 Å². The Balaban J connectivity index is 1.29. The van der Waals surface area contributed by atoms with E-state index >= 15 is 0 Å². The summed E-state index contributed by atoms with van der Waals surface area (Å²) < 4.78 is 0. The van der Waals surface area contributed by atoms with Crippen LogP contribution >= 0.6 is 0 Å². The molecule has 2 N–H and O–H groups in total. The van der Waals surface area contributed by atoms with E-state index in [-0.39, 0.29) is 0 Å². The van der Waals surface area contributed by atoms with E-state index in [1.807, 2.05) is 0 Å².